The molecule has 2 N–H and O–H groups in total. The summed E-state index contributed by atoms with van der Waals surface area (Å²) < 4.78 is 0. The van der Waals surface area contributed by atoms with Crippen molar-refractivity contribution in [1.82, 2.24) is 4.98 Å². The average molecular weight is 215 g/mol. The summed E-state index contributed by atoms with van der Waals surface area (Å²) in [7, 11) is 0. The lowest BCUT2D eigenvalue weighted by Gasteiger charge is -2.09. The number of aliphatic hydroxyl groups excluding tert-OH is 1. The SMILES string of the molecule is Oc1ccc(CC(O)c2ccccn2)cc1. The van der Waals surface area contributed by atoms with Crippen molar-refractivity contribution in [2.24, 2.45) is 0 Å². The summed E-state index contributed by atoms with van der Waals surface area (Å²) >= 11 is 0. The Hall–Kier alpha value is -1.87. The third-order valence-electron chi connectivity index (χ3n) is 2.39. The smallest absolute Gasteiger partial charge is 0.115 e. The molecule has 1 aromatic carbocycles. The van der Waals surface area contributed by atoms with Gasteiger partial charge in [0.2, 0.25) is 0 Å². The third-order valence-corrected chi connectivity index (χ3v) is 2.39. The fraction of sp³-hybridized carbons (Fsp3) is 0.154. The molecule has 0 saturated heterocycles. The van der Waals surface area contributed by atoms with E-state index in [0.717, 1.165) is 5.56 Å². The number of hydrogen-bond donors (Lipinski definition) is 2. The molecule has 1 atom stereocenters. The molecule has 0 aliphatic rings. The normalized spacial score (nSPS) is 12.3. The summed E-state index contributed by atoms with van der Waals surface area (Å²) in [5.74, 6) is 0.232. The largest absolute Gasteiger partial charge is 0.508 e. The number of aromatic hydroxyl groups is 1. The van der Waals surface area contributed by atoms with Crippen LogP contribution in [-0.2, 0) is 6.42 Å². The molecule has 16 heavy (non-hydrogen) atoms. The first-order valence-electron chi connectivity index (χ1n) is 5.12. The molecule has 0 amide bonds. The van der Waals surface area contributed by atoms with E-state index >= 15 is 0 Å². The summed E-state index contributed by atoms with van der Waals surface area (Å²) in [6, 6.07) is 12.3. The lowest BCUT2D eigenvalue weighted by atomic mass is 10.1. The third kappa shape index (κ3) is 2.58. The minimum absolute atomic E-state index is 0.232. The van der Waals surface area contributed by atoms with Crippen LogP contribution < -0.4 is 0 Å². The Morgan fingerprint density at radius 2 is 1.81 bits per heavy atom. The maximum Gasteiger partial charge on any atom is 0.115 e. The zero-order valence-corrected chi connectivity index (χ0v) is 8.74. The highest BCUT2D eigenvalue weighted by molar-refractivity contribution is 5.27. The Morgan fingerprint density at radius 3 is 2.44 bits per heavy atom. The first kappa shape index (κ1) is 10.6. The van der Waals surface area contributed by atoms with Crippen LogP contribution in [0.4, 0.5) is 0 Å². The van der Waals surface area contributed by atoms with Gasteiger partial charge in [-0.3, -0.25) is 4.98 Å². The number of nitrogens with zero attached hydrogens (tertiary/aromatic N) is 1. The summed E-state index contributed by atoms with van der Waals surface area (Å²) in [6.07, 6.45) is 1.55. The topological polar surface area (TPSA) is 53.4 Å². The van der Waals surface area contributed by atoms with Crippen LogP contribution in [-0.4, -0.2) is 15.2 Å². The molecule has 0 aliphatic heterocycles. The molecule has 0 saturated carbocycles. The van der Waals surface area contributed by atoms with E-state index in [1.165, 1.54) is 0 Å². The highest BCUT2D eigenvalue weighted by Crippen LogP contribution is 2.17. The maximum atomic E-state index is 9.92. The van der Waals surface area contributed by atoms with Gasteiger partial charge >= 0.3 is 0 Å². The second kappa shape index (κ2) is 4.77. The van der Waals surface area contributed by atoms with E-state index in [1.54, 1.807) is 36.5 Å². The van der Waals surface area contributed by atoms with Gasteiger partial charge in [0.25, 0.3) is 0 Å². The van der Waals surface area contributed by atoms with E-state index in [0.29, 0.717) is 12.1 Å². The van der Waals surface area contributed by atoms with Crippen LogP contribution in [0.25, 0.3) is 0 Å². The van der Waals surface area contributed by atoms with Gasteiger partial charge in [0.05, 0.1) is 11.8 Å². The molecule has 1 unspecified atom stereocenters. The number of aromatic nitrogens is 1. The van der Waals surface area contributed by atoms with Gasteiger partial charge in [-0.1, -0.05) is 18.2 Å². The van der Waals surface area contributed by atoms with Crippen molar-refractivity contribution >= 4 is 0 Å². The van der Waals surface area contributed by atoms with Crippen molar-refractivity contribution in [3.63, 3.8) is 0 Å². The zero-order valence-electron chi connectivity index (χ0n) is 8.74. The van der Waals surface area contributed by atoms with E-state index < -0.39 is 6.10 Å². The monoisotopic (exact) mass is 215 g/mol. The fourth-order valence-electron chi connectivity index (χ4n) is 1.53. The van der Waals surface area contributed by atoms with E-state index in [1.807, 2.05) is 12.1 Å². The molecular weight excluding hydrogens is 202 g/mol. The zero-order chi connectivity index (χ0) is 11.4. The number of pyridine rings is 1. The summed E-state index contributed by atoms with van der Waals surface area (Å²) in [6.45, 7) is 0. The highest BCUT2D eigenvalue weighted by atomic mass is 16.3. The molecule has 1 heterocycles. The molecule has 2 aromatic rings. The van der Waals surface area contributed by atoms with Gasteiger partial charge < -0.3 is 10.2 Å². The molecule has 82 valence electrons. The van der Waals surface area contributed by atoms with Gasteiger partial charge in [-0.15, -0.1) is 0 Å². The molecule has 3 nitrogen and oxygen atoms in total. The van der Waals surface area contributed by atoms with Gasteiger partial charge in [-0.05, 0) is 29.8 Å². The molecule has 3 heteroatoms. The minimum atomic E-state index is -0.606. The summed E-state index contributed by atoms with van der Waals surface area (Å²) in [5, 5.41) is 19.1. The number of hydrogen-bond acceptors (Lipinski definition) is 3. The number of phenolic OH excluding ortho intramolecular Hbond substituents is 1. The highest BCUT2D eigenvalue weighted by Gasteiger charge is 2.08. The van der Waals surface area contributed by atoms with Crippen LogP contribution in [0.1, 0.15) is 17.4 Å². The van der Waals surface area contributed by atoms with Crippen molar-refractivity contribution in [2.45, 2.75) is 12.5 Å². The first-order chi connectivity index (χ1) is 7.75. The number of aliphatic hydroxyl groups is 1. The second-order valence-electron chi connectivity index (χ2n) is 3.64. The predicted octanol–water partition coefficient (Wildman–Crippen LogP) is 2.06. The molecule has 0 bridgehead atoms. The predicted molar refractivity (Wildman–Crippen MR) is 61.0 cm³/mol. The van der Waals surface area contributed by atoms with Crippen LogP contribution in [0, 0.1) is 0 Å². The van der Waals surface area contributed by atoms with E-state index in [9.17, 15) is 5.11 Å². The molecule has 1 aromatic heterocycles. The second-order valence-corrected chi connectivity index (χ2v) is 3.64. The van der Waals surface area contributed by atoms with Crippen LogP contribution in [0.3, 0.4) is 0 Å². The Kier molecular flexibility index (Phi) is 3.17. The van der Waals surface area contributed by atoms with E-state index in [-0.39, 0.29) is 5.75 Å². The molecule has 2 rings (SSSR count). The van der Waals surface area contributed by atoms with Crippen molar-refractivity contribution in [1.29, 1.82) is 0 Å². The number of phenols is 1. The fourth-order valence-corrected chi connectivity index (χ4v) is 1.53. The number of benzene rings is 1. The molecular formula is C13H13NO2. The van der Waals surface area contributed by atoms with E-state index in [2.05, 4.69) is 4.98 Å². The van der Waals surface area contributed by atoms with E-state index in [4.69, 9.17) is 5.11 Å². The minimum Gasteiger partial charge on any atom is -0.508 e. The van der Waals surface area contributed by atoms with Gasteiger partial charge in [0.1, 0.15) is 5.75 Å². The van der Waals surface area contributed by atoms with Gasteiger partial charge in [-0.25, -0.2) is 0 Å². The molecule has 0 radical (unpaired) electrons. The maximum absolute atomic E-state index is 9.92. The van der Waals surface area contributed by atoms with Crippen LogP contribution in [0.5, 0.6) is 5.75 Å². The average Bonchev–Trinajstić information content (AvgIpc) is 2.33. The van der Waals surface area contributed by atoms with Gasteiger partial charge in [0.15, 0.2) is 0 Å². The summed E-state index contributed by atoms with van der Waals surface area (Å²) in [5.41, 5.74) is 1.63. The standard InChI is InChI=1S/C13H13NO2/c15-11-6-4-10(5-7-11)9-13(16)12-3-1-2-8-14-12/h1-8,13,15-16H,9H2. The van der Waals surface area contributed by atoms with Crippen molar-refractivity contribution in [3.8, 4) is 5.75 Å². The molecule has 0 spiro atoms. The van der Waals surface area contributed by atoms with Crippen LogP contribution in [0.2, 0.25) is 0 Å². The van der Waals surface area contributed by atoms with Crippen LogP contribution in [0.15, 0.2) is 48.7 Å². The Labute approximate surface area is 94.0 Å². The first-order valence-corrected chi connectivity index (χ1v) is 5.12. The van der Waals surface area contributed by atoms with Crippen molar-refractivity contribution < 1.29 is 10.2 Å². The quantitative estimate of drug-likeness (QED) is 0.824. The van der Waals surface area contributed by atoms with Gasteiger partial charge in [-0.2, -0.15) is 0 Å². The van der Waals surface area contributed by atoms with Crippen LogP contribution >= 0.6 is 0 Å². The lowest BCUT2D eigenvalue weighted by molar-refractivity contribution is 0.173. The Balaban J connectivity index is 2.08. The Morgan fingerprint density at radius 1 is 1.06 bits per heavy atom. The van der Waals surface area contributed by atoms with Crippen molar-refractivity contribution in [3.05, 3.63) is 59.9 Å². The lowest BCUT2D eigenvalue weighted by Crippen LogP contribution is -2.03. The van der Waals surface area contributed by atoms with Gasteiger partial charge in [0, 0.05) is 12.6 Å². The Bertz CT molecular complexity index is 439. The number of rotatable bonds is 3. The summed E-state index contributed by atoms with van der Waals surface area (Å²) in [4.78, 5) is 4.09. The molecule has 0 fully saturated rings. The van der Waals surface area contributed by atoms with Crippen molar-refractivity contribution in [2.75, 3.05) is 0 Å². The molecule has 0 aliphatic carbocycles.